The van der Waals surface area contributed by atoms with Crippen LogP contribution in [0.25, 0.3) is 0 Å². The van der Waals surface area contributed by atoms with Crippen molar-refractivity contribution in [2.24, 2.45) is 0 Å². The molecule has 0 aliphatic heterocycles. The summed E-state index contributed by atoms with van der Waals surface area (Å²) >= 11 is 0. The molecule has 2 rings (SSSR count). The van der Waals surface area contributed by atoms with Crippen LogP contribution >= 0.6 is 0 Å². The number of carbonyl (C=O) groups is 2. The Labute approximate surface area is 148 Å². The summed E-state index contributed by atoms with van der Waals surface area (Å²) in [4.78, 5) is 24.1. The number of carbonyl (C=O) groups excluding carboxylic acids is 2. The first-order chi connectivity index (χ1) is 11.9. The second-order valence-corrected chi connectivity index (χ2v) is 6.08. The molecule has 0 atom stereocenters. The van der Waals surface area contributed by atoms with Gasteiger partial charge in [0.15, 0.2) is 0 Å². The fourth-order valence-electron chi connectivity index (χ4n) is 2.74. The van der Waals surface area contributed by atoms with Crippen molar-refractivity contribution >= 4 is 17.5 Å². The van der Waals surface area contributed by atoms with E-state index in [9.17, 15) is 9.59 Å². The Morgan fingerprint density at radius 1 is 0.960 bits per heavy atom. The molecule has 0 aliphatic carbocycles. The van der Waals surface area contributed by atoms with Gasteiger partial charge in [-0.2, -0.15) is 0 Å². The lowest BCUT2D eigenvalue weighted by molar-refractivity contribution is -0.136. The molecule has 0 saturated carbocycles. The molecule has 0 spiro atoms. The molecule has 0 heterocycles. The Hall–Kier alpha value is -2.82. The Kier molecular flexibility index (Phi) is 6.17. The number of benzene rings is 2. The first-order valence-corrected chi connectivity index (χ1v) is 8.20. The number of aryl methyl sites for hydroxylation is 3. The first-order valence-electron chi connectivity index (χ1n) is 8.20. The van der Waals surface area contributed by atoms with Gasteiger partial charge in [-0.15, -0.1) is 0 Å². The van der Waals surface area contributed by atoms with E-state index in [4.69, 9.17) is 4.74 Å². The summed E-state index contributed by atoms with van der Waals surface area (Å²) in [7, 11) is 1.62. The molecule has 2 N–H and O–H groups in total. The third-order valence-corrected chi connectivity index (χ3v) is 3.98. The predicted octanol–water partition coefficient (Wildman–Crippen LogP) is 2.92. The van der Waals surface area contributed by atoms with Crippen LogP contribution < -0.4 is 15.4 Å². The SMILES string of the molecule is COc1ccc(CCNC(=O)C(=O)Nc2c(C)cc(C)cc2C)cc1. The lowest BCUT2D eigenvalue weighted by atomic mass is 10.1. The van der Waals surface area contributed by atoms with Crippen LogP contribution in [0.3, 0.4) is 0 Å². The van der Waals surface area contributed by atoms with Crippen molar-refractivity contribution in [3.63, 3.8) is 0 Å². The van der Waals surface area contributed by atoms with E-state index in [1.165, 1.54) is 0 Å². The van der Waals surface area contributed by atoms with Crippen LogP contribution in [-0.4, -0.2) is 25.5 Å². The summed E-state index contributed by atoms with van der Waals surface area (Å²) in [5.41, 5.74) is 4.76. The average molecular weight is 340 g/mol. The highest BCUT2D eigenvalue weighted by molar-refractivity contribution is 6.39. The number of rotatable bonds is 5. The minimum atomic E-state index is -0.648. The number of nitrogens with one attached hydrogen (secondary N) is 2. The number of hydrogen-bond donors (Lipinski definition) is 2. The maximum Gasteiger partial charge on any atom is 0.313 e. The smallest absolute Gasteiger partial charge is 0.313 e. The molecule has 0 bridgehead atoms. The van der Waals surface area contributed by atoms with E-state index < -0.39 is 11.8 Å². The standard InChI is InChI=1S/C20H24N2O3/c1-13-11-14(2)18(15(3)12-13)22-20(24)19(23)21-10-9-16-5-7-17(25-4)8-6-16/h5-8,11-12H,9-10H2,1-4H3,(H,21,23)(H,22,24). The van der Waals surface area contributed by atoms with Crippen molar-refractivity contribution in [2.75, 3.05) is 19.0 Å². The Morgan fingerprint density at radius 2 is 1.56 bits per heavy atom. The molecule has 0 fully saturated rings. The van der Waals surface area contributed by atoms with E-state index in [2.05, 4.69) is 10.6 Å². The summed E-state index contributed by atoms with van der Waals surface area (Å²) in [6.07, 6.45) is 0.644. The Balaban J connectivity index is 1.87. The second-order valence-electron chi connectivity index (χ2n) is 6.08. The molecule has 132 valence electrons. The van der Waals surface area contributed by atoms with Crippen LogP contribution in [0.15, 0.2) is 36.4 Å². The van der Waals surface area contributed by atoms with Gasteiger partial charge in [0.25, 0.3) is 0 Å². The van der Waals surface area contributed by atoms with Gasteiger partial charge in [-0.25, -0.2) is 0 Å². The highest BCUT2D eigenvalue weighted by Gasteiger charge is 2.15. The van der Waals surface area contributed by atoms with Crippen LogP contribution in [0.2, 0.25) is 0 Å². The normalized spacial score (nSPS) is 10.2. The minimum Gasteiger partial charge on any atom is -0.497 e. The van der Waals surface area contributed by atoms with Crippen LogP contribution in [0.1, 0.15) is 22.3 Å². The Bertz CT molecular complexity index is 744. The molecule has 2 amide bonds. The van der Waals surface area contributed by atoms with Crippen molar-refractivity contribution < 1.29 is 14.3 Å². The first kappa shape index (κ1) is 18.5. The topological polar surface area (TPSA) is 67.4 Å². The van der Waals surface area contributed by atoms with E-state index in [0.717, 1.165) is 28.0 Å². The van der Waals surface area contributed by atoms with E-state index in [-0.39, 0.29) is 0 Å². The molecule has 5 heteroatoms. The second kappa shape index (κ2) is 8.33. The summed E-state index contributed by atoms with van der Waals surface area (Å²) in [6.45, 7) is 6.22. The van der Waals surface area contributed by atoms with Crippen molar-refractivity contribution in [3.8, 4) is 5.75 Å². The molecular formula is C20H24N2O3. The summed E-state index contributed by atoms with van der Waals surface area (Å²) in [6, 6.07) is 11.6. The zero-order valence-corrected chi connectivity index (χ0v) is 15.1. The van der Waals surface area contributed by atoms with E-state index >= 15 is 0 Å². The maximum absolute atomic E-state index is 12.1. The molecule has 0 unspecified atom stereocenters. The van der Waals surface area contributed by atoms with Crippen LogP contribution in [0.5, 0.6) is 5.75 Å². The fourth-order valence-corrected chi connectivity index (χ4v) is 2.74. The fraction of sp³-hybridized carbons (Fsp3) is 0.300. The molecule has 0 aromatic heterocycles. The molecule has 0 radical (unpaired) electrons. The van der Waals surface area contributed by atoms with Gasteiger partial charge >= 0.3 is 11.8 Å². The highest BCUT2D eigenvalue weighted by atomic mass is 16.5. The van der Waals surface area contributed by atoms with E-state index in [0.29, 0.717) is 18.7 Å². The molecule has 25 heavy (non-hydrogen) atoms. The third kappa shape index (κ3) is 5.08. The summed E-state index contributed by atoms with van der Waals surface area (Å²) in [5, 5.41) is 5.35. The summed E-state index contributed by atoms with van der Waals surface area (Å²) < 4.78 is 5.10. The van der Waals surface area contributed by atoms with Crippen LogP contribution in [-0.2, 0) is 16.0 Å². The van der Waals surface area contributed by atoms with Crippen LogP contribution in [0.4, 0.5) is 5.69 Å². The van der Waals surface area contributed by atoms with Gasteiger partial charge in [0.05, 0.1) is 7.11 Å². The highest BCUT2D eigenvalue weighted by Crippen LogP contribution is 2.21. The number of hydrogen-bond acceptors (Lipinski definition) is 3. The molecule has 0 aliphatic rings. The Morgan fingerprint density at radius 3 is 2.12 bits per heavy atom. The van der Waals surface area contributed by atoms with Crippen molar-refractivity contribution in [3.05, 3.63) is 58.7 Å². The third-order valence-electron chi connectivity index (χ3n) is 3.98. The number of amides is 2. The van der Waals surface area contributed by atoms with E-state index in [1.54, 1.807) is 7.11 Å². The van der Waals surface area contributed by atoms with Crippen molar-refractivity contribution in [1.29, 1.82) is 0 Å². The van der Waals surface area contributed by atoms with Gasteiger partial charge in [0.1, 0.15) is 5.75 Å². The monoisotopic (exact) mass is 340 g/mol. The summed E-state index contributed by atoms with van der Waals surface area (Å²) in [5.74, 6) is -0.492. The molecule has 5 nitrogen and oxygen atoms in total. The lowest BCUT2D eigenvalue weighted by Crippen LogP contribution is -2.36. The number of ether oxygens (including phenoxy) is 1. The van der Waals surface area contributed by atoms with Gasteiger partial charge in [0, 0.05) is 12.2 Å². The maximum atomic E-state index is 12.1. The predicted molar refractivity (Wildman–Crippen MR) is 99.0 cm³/mol. The van der Waals surface area contributed by atoms with Gasteiger partial charge in [-0.05, 0) is 56.0 Å². The molecule has 2 aromatic carbocycles. The molecular weight excluding hydrogens is 316 g/mol. The average Bonchev–Trinajstić information content (AvgIpc) is 2.58. The van der Waals surface area contributed by atoms with Crippen molar-refractivity contribution in [2.45, 2.75) is 27.2 Å². The number of methoxy groups -OCH3 is 1. The van der Waals surface area contributed by atoms with Crippen LogP contribution in [0, 0.1) is 20.8 Å². The van der Waals surface area contributed by atoms with Gasteiger partial charge in [-0.3, -0.25) is 9.59 Å². The van der Waals surface area contributed by atoms with Crippen molar-refractivity contribution in [1.82, 2.24) is 5.32 Å². The number of anilines is 1. The lowest BCUT2D eigenvalue weighted by Gasteiger charge is -2.12. The zero-order valence-electron chi connectivity index (χ0n) is 15.1. The van der Waals surface area contributed by atoms with Gasteiger partial charge in [-0.1, -0.05) is 29.8 Å². The quantitative estimate of drug-likeness (QED) is 0.823. The molecule has 0 saturated heterocycles. The van der Waals surface area contributed by atoms with Gasteiger partial charge < -0.3 is 15.4 Å². The van der Waals surface area contributed by atoms with Gasteiger partial charge in [0.2, 0.25) is 0 Å². The largest absolute Gasteiger partial charge is 0.497 e. The zero-order chi connectivity index (χ0) is 18.4. The van der Waals surface area contributed by atoms with E-state index in [1.807, 2.05) is 57.2 Å². The molecule has 2 aromatic rings. The minimum absolute atomic E-state index is 0.393.